The average molecular weight is 531 g/mol. The summed E-state index contributed by atoms with van der Waals surface area (Å²) in [6.07, 6.45) is 2.11. The highest BCUT2D eigenvalue weighted by Gasteiger charge is 2.35. The second kappa shape index (κ2) is 12.9. The van der Waals surface area contributed by atoms with E-state index in [1.165, 1.54) is 6.92 Å². The fourth-order valence-corrected chi connectivity index (χ4v) is 5.63. The van der Waals surface area contributed by atoms with Gasteiger partial charge in [-0.15, -0.1) is 0 Å². The lowest BCUT2D eigenvalue weighted by atomic mass is 9.97. The fourth-order valence-electron chi connectivity index (χ4n) is 5.63. The minimum absolute atomic E-state index is 0.0119. The van der Waals surface area contributed by atoms with Crippen LogP contribution >= 0.6 is 0 Å². The third-order valence-electron chi connectivity index (χ3n) is 7.80. The highest BCUT2D eigenvalue weighted by molar-refractivity contribution is 5.74. The van der Waals surface area contributed by atoms with Crippen molar-refractivity contribution < 1.29 is 24.5 Å². The van der Waals surface area contributed by atoms with Crippen LogP contribution in [0.2, 0.25) is 0 Å². The molecule has 2 fully saturated rings. The summed E-state index contributed by atoms with van der Waals surface area (Å²) < 4.78 is 13.0. The lowest BCUT2D eigenvalue weighted by Crippen LogP contribution is -2.42. The first-order valence-corrected chi connectivity index (χ1v) is 13.8. The van der Waals surface area contributed by atoms with Crippen molar-refractivity contribution in [1.82, 2.24) is 10.2 Å². The van der Waals surface area contributed by atoms with Gasteiger partial charge in [0.15, 0.2) is 6.29 Å². The molecule has 3 aromatic carbocycles. The molecule has 0 bridgehead atoms. The zero-order valence-corrected chi connectivity index (χ0v) is 22.5. The molecule has 7 heteroatoms. The van der Waals surface area contributed by atoms with Crippen molar-refractivity contribution >= 4 is 5.91 Å². The van der Waals surface area contributed by atoms with Gasteiger partial charge in [0.2, 0.25) is 5.91 Å². The molecule has 0 aromatic heterocycles. The Bertz CT molecular complexity index is 1230. The number of carbonyl (C=O) groups excluding carboxylic acids is 1. The topological polar surface area (TPSA) is 91.3 Å². The lowest BCUT2D eigenvalue weighted by molar-refractivity contribution is -0.253. The molecule has 3 aromatic rings. The van der Waals surface area contributed by atoms with E-state index < -0.39 is 6.29 Å². The van der Waals surface area contributed by atoms with Crippen molar-refractivity contribution in [2.24, 2.45) is 0 Å². The van der Waals surface area contributed by atoms with Crippen molar-refractivity contribution in [3.8, 4) is 11.1 Å². The minimum atomic E-state index is -0.523. The predicted molar refractivity (Wildman–Crippen MR) is 150 cm³/mol. The van der Waals surface area contributed by atoms with Crippen LogP contribution in [0.15, 0.2) is 72.8 Å². The number of benzene rings is 3. The molecule has 3 N–H and O–H groups in total. The number of aliphatic hydroxyl groups is 2. The molecule has 0 aliphatic carbocycles. The van der Waals surface area contributed by atoms with Crippen molar-refractivity contribution in [3.05, 3.63) is 95.1 Å². The maximum absolute atomic E-state index is 11.5. The summed E-state index contributed by atoms with van der Waals surface area (Å²) >= 11 is 0. The molecule has 0 saturated carbocycles. The van der Waals surface area contributed by atoms with Gasteiger partial charge in [-0.3, -0.25) is 9.69 Å². The summed E-state index contributed by atoms with van der Waals surface area (Å²) in [5.41, 5.74) is 6.07. The molecule has 5 rings (SSSR count). The maximum atomic E-state index is 11.5. The van der Waals surface area contributed by atoms with Gasteiger partial charge in [-0.05, 0) is 47.2 Å². The number of aliphatic hydroxyl groups excluding tert-OH is 2. The van der Waals surface area contributed by atoms with Crippen LogP contribution in [0.25, 0.3) is 11.1 Å². The number of hydrogen-bond donors (Lipinski definition) is 3. The number of hydrogen-bond acceptors (Lipinski definition) is 6. The van der Waals surface area contributed by atoms with E-state index in [1.54, 1.807) is 0 Å². The highest BCUT2D eigenvalue weighted by atomic mass is 16.7. The number of nitrogens with one attached hydrogen (secondary N) is 1. The molecule has 1 amide bonds. The Morgan fingerprint density at radius 2 is 1.72 bits per heavy atom. The lowest BCUT2D eigenvalue weighted by Gasteiger charge is -2.38. The van der Waals surface area contributed by atoms with Gasteiger partial charge >= 0.3 is 0 Å². The van der Waals surface area contributed by atoms with Gasteiger partial charge in [0.1, 0.15) is 0 Å². The SMILES string of the molecule is CC(=O)NCc1ccccc1-c1ccc(C2OC(CN3CCCC3CO)CC(c3ccc(CO)cc3)O2)cc1. The Morgan fingerprint density at radius 1 is 0.974 bits per heavy atom. The molecule has 2 aliphatic rings. The number of amides is 1. The smallest absolute Gasteiger partial charge is 0.217 e. The fraction of sp³-hybridized carbons (Fsp3) is 0.406. The van der Waals surface area contributed by atoms with Crippen LogP contribution in [0.4, 0.5) is 0 Å². The Kier molecular flexibility index (Phi) is 9.06. The molecular weight excluding hydrogens is 492 g/mol. The Balaban J connectivity index is 1.37. The van der Waals surface area contributed by atoms with Gasteiger partial charge in [-0.2, -0.15) is 0 Å². The molecule has 4 atom stereocenters. The predicted octanol–water partition coefficient (Wildman–Crippen LogP) is 4.48. The maximum Gasteiger partial charge on any atom is 0.217 e. The van der Waals surface area contributed by atoms with Gasteiger partial charge in [-0.1, -0.05) is 72.8 Å². The van der Waals surface area contributed by atoms with Crippen molar-refractivity contribution in [3.63, 3.8) is 0 Å². The van der Waals surface area contributed by atoms with Crippen LogP contribution in [0.5, 0.6) is 0 Å². The number of nitrogens with zero attached hydrogens (tertiary/aromatic N) is 1. The van der Waals surface area contributed by atoms with Crippen LogP contribution in [0.1, 0.15) is 60.8 Å². The standard InChI is InChI=1S/C32H38N2O5/c1-22(37)33-18-27-5-2-3-7-30(27)24-12-14-26(15-13-24)32-38-29(19-34-16-4-6-28(34)21-36)17-31(39-32)25-10-8-23(20-35)9-11-25/h2-3,5,7-15,28-29,31-32,35-36H,4,6,16-21H2,1H3,(H,33,37). The van der Waals surface area contributed by atoms with Gasteiger partial charge in [-0.25, -0.2) is 0 Å². The average Bonchev–Trinajstić information content (AvgIpc) is 3.43. The number of rotatable bonds is 9. The van der Waals surface area contributed by atoms with E-state index >= 15 is 0 Å². The van der Waals surface area contributed by atoms with E-state index in [2.05, 4.69) is 40.5 Å². The van der Waals surface area contributed by atoms with Crippen LogP contribution in [0.3, 0.4) is 0 Å². The third-order valence-corrected chi connectivity index (χ3v) is 7.80. The largest absolute Gasteiger partial charge is 0.395 e. The second-order valence-corrected chi connectivity index (χ2v) is 10.5. The Labute approximate surface area is 230 Å². The molecule has 2 heterocycles. The highest BCUT2D eigenvalue weighted by Crippen LogP contribution is 2.39. The number of ether oxygens (including phenoxy) is 2. The molecule has 2 saturated heterocycles. The summed E-state index contributed by atoms with van der Waals surface area (Å²) in [5, 5.41) is 22.2. The normalized spacial score (nSPS) is 23.6. The minimum Gasteiger partial charge on any atom is -0.395 e. The quantitative estimate of drug-likeness (QED) is 0.378. The van der Waals surface area contributed by atoms with E-state index in [9.17, 15) is 15.0 Å². The zero-order chi connectivity index (χ0) is 27.2. The van der Waals surface area contributed by atoms with E-state index in [4.69, 9.17) is 9.47 Å². The van der Waals surface area contributed by atoms with E-state index in [-0.39, 0.29) is 37.4 Å². The first kappa shape index (κ1) is 27.5. The van der Waals surface area contributed by atoms with Gasteiger partial charge in [0, 0.05) is 38.0 Å². The van der Waals surface area contributed by atoms with E-state index in [1.807, 2.05) is 42.5 Å². The van der Waals surface area contributed by atoms with E-state index in [0.717, 1.165) is 65.7 Å². The monoisotopic (exact) mass is 530 g/mol. The molecule has 0 radical (unpaired) electrons. The summed E-state index contributed by atoms with van der Waals surface area (Å²) in [6.45, 7) is 3.91. The summed E-state index contributed by atoms with van der Waals surface area (Å²) in [7, 11) is 0. The molecule has 39 heavy (non-hydrogen) atoms. The van der Waals surface area contributed by atoms with Gasteiger partial charge < -0.3 is 25.0 Å². The summed E-state index contributed by atoms with van der Waals surface area (Å²) in [5.74, 6) is -0.0545. The molecular formula is C32H38N2O5. The first-order chi connectivity index (χ1) is 19.0. The number of likely N-dealkylation sites (tertiary alicyclic amines) is 1. The second-order valence-electron chi connectivity index (χ2n) is 10.5. The molecule has 206 valence electrons. The van der Waals surface area contributed by atoms with Crippen molar-refractivity contribution in [1.29, 1.82) is 0 Å². The molecule has 7 nitrogen and oxygen atoms in total. The van der Waals surface area contributed by atoms with Crippen LogP contribution in [0, 0.1) is 0 Å². The van der Waals surface area contributed by atoms with Crippen molar-refractivity contribution in [2.75, 3.05) is 19.7 Å². The zero-order valence-electron chi connectivity index (χ0n) is 22.5. The van der Waals surface area contributed by atoms with Crippen LogP contribution in [-0.2, 0) is 27.4 Å². The van der Waals surface area contributed by atoms with E-state index in [0.29, 0.717) is 6.54 Å². The van der Waals surface area contributed by atoms with Gasteiger partial charge in [0.05, 0.1) is 25.4 Å². The third kappa shape index (κ3) is 6.75. The molecule has 0 spiro atoms. The summed E-state index contributed by atoms with van der Waals surface area (Å²) in [6, 6.07) is 24.4. The van der Waals surface area contributed by atoms with Gasteiger partial charge in [0.25, 0.3) is 0 Å². The summed E-state index contributed by atoms with van der Waals surface area (Å²) in [4.78, 5) is 13.8. The first-order valence-electron chi connectivity index (χ1n) is 13.8. The Morgan fingerprint density at radius 3 is 2.44 bits per heavy atom. The molecule has 2 aliphatic heterocycles. The van der Waals surface area contributed by atoms with Crippen LogP contribution in [-0.4, -0.2) is 52.9 Å². The van der Waals surface area contributed by atoms with Crippen molar-refractivity contribution in [2.45, 2.75) is 63.9 Å². The van der Waals surface area contributed by atoms with Crippen LogP contribution < -0.4 is 5.32 Å². The Hall–Kier alpha value is -3.07. The molecule has 4 unspecified atom stereocenters. The number of carbonyl (C=O) groups is 1.